The third-order valence-electron chi connectivity index (χ3n) is 3.12. The number of Topliss-reactive ketones (excluding diaryl/α,β-unsaturated/α-hetero) is 1. The van der Waals surface area contributed by atoms with E-state index < -0.39 is 8.07 Å². The predicted molar refractivity (Wildman–Crippen MR) is 68.6 cm³/mol. The summed E-state index contributed by atoms with van der Waals surface area (Å²) < 4.78 is 0. The molecule has 1 rings (SSSR count). The van der Waals surface area contributed by atoms with E-state index in [1.165, 1.54) is 6.42 Å². The molecule has 0 N–H and O–H groups in total. The fourth-order valence-electron chi connectivity index (χ4n) is 2.18. The third kappa shape index (κ3) is 4.33. The smallest absolute Gasteiger partial charge is 0.139 e. The Bertz CT molecular complexity index is 250. The lowest BCUT2D eigenvalue weighted by Gasteiger charge is -2.24. The molecular formula is C13H24OSi. The van der Waals surface area contributed by atoms with Gasteiger partial charge >= 0.3 is 0 Å². The standard InChI is InChI=1S/C13H24OSi/c1-11-7-5-8-12(13(11)14)9-6-10-15(2,3)4/h6,10-12H,5,7-9H2,1-4H3/b10-6+. The van der Waals surface area contributed by atoms with E-state index in [0.29, 0.717) is 17.6 Å². The number of hydrogen-bond donors (Lipinski definition) is 0. The maximum atomic E-state index is 11.9. The molecule has 0 aromatic carbocycles. The van der Waals surface area contributed by atoms with E-state index in [2.05, 4.69) is 38.3 Å². The summed E-state index contributed by atoms with van der Waals surface area (Å²) in [5.74, 6) is 1.13. The monoisotopic (exact) mass is 224 g/mol. The van der Waals surface area contributed by atoms with Gasteiger partial charge in [0.1, 0.15) is 5.78 Å². The topological polar surface area (TPSA) is 17.1 Å². The van der Waals surface area contributed by atoms with Crippen LogP contribution in [0.5, 0.6) is 0 Å². The molecular weight excluding hydrogens is 200 g/mol. The molecule has 2 atom stereocenters. The van der Waals surface area contributed by atoms with E-state index in [1.54, 1.807) is 0 Å². The first-order valence-corrected chi connectivity index (χ1v) is 9.69. The summed E-state index contributed by atoms with van der Waals surface area (Å²) in [7, 11) is -1.07. The summed E-state index contributed by atoms with van der Waals surface area (Å²) in [5.41, 5.74) is 2.36. The summed E-state index contributed by atoms with van der Waals surface area (Å²) in [6.07, 6.45) is 6.69. The van der Waals surface area contributed by atoms with Crippen LogP contribution in [0.1, 0.15) is 32.6 Å². The van der Waals surface area contributed by atoms with E-state index in [4.69, 9.17) is 0 Å². The molecule has 0 bridgehead atoms. The number of rotatable bonds is 3. The van der Waals surface area contributed by atoms with Crippen LogP contribution in [0.25, 0.3) is 0 Å². The normalized spacial score (nSPS) is 28.7. The van der Waals surface area contributed by atoms with Crippen molar-refractivity contribution in [1.82, 2.24) is 0 Å². The average Bonchev–Trinajstić information content (AvgIpc) is 2.10. The zero-order chi connectivity index (χ0) is 11.5. The molecule has 0 saturated heterocycles. The van der Waals surface area contributed by atoms with Crippen LogP contribution in [-0.4, -0.2) is 13.9 Å². The van der Waals surface area contributed by atoms with Crippen LogP contribution >= 0.6 is 0 Å². The lowest BCUT2D eigenvalue weighted by Crippen LogP contribution is -2.26. The SMILES string of the molecule is CC1CCCC(C/C=C/[Si](C)(C)C)C1=O. The average molecular weight is 224 g/mol. The van der Waals surface area contributed by atoms with Crippen LogP contribution in [0.3, 0.4) is 0 Å². The van der Waals surface area contributed by atoms with Crippen molar-refractivity contribution in [3.63, 3.8) is 0 Å². The largest absolute Gasteiger partial charge is 0.299 e. The van der Waals surface area contributed by atoms with Crippen LogP contribution in [0.2, 0.25) is 19.6 Å². The van der Waals surface area contributed by atoms with Gasteiger partial charge in [0.2, 0.25) is 0 Å². The summed E-state index contributed by atoms with van der Waals surface area (Å²) in [4.78, 5) is 11.9. The van der Waals surface area contributed by atoms with E-state index in [1.807, 2.05) is 0 Å². The lowest BCUT2D eigenvalue weighted by molar-refractivity contribution is -0.128. The minimum absolute atomic E-state index is 0.309. The molecule has 1 nitrogen and oxygen atoms in total. The van der Waals surface area contributed by atoms with E-state index >= 15 is 0 Å². The van der Waals surface area contributed by atoms with Gasteiger partial charge in [-0.15, -0.1) is 0 Å². The second-order valence-corrected chi connectivity index (χ2v) is 11.0. The second kappa shape index (κ2) is 5.11. The molecule has 15 heavy (non-hydrogen) atoms. The van der Waals surface area contributed by atoms with Crippen molar-refractivity contribution >= 4 is 13.9 Å². The van der Waals surface area contributed by atoms with Gasteiger partial charge in [-0.3, -0.25) is 4.79 Å². The van der Waals surface area contributed by atoms with Crippen LogP contribution < -0.4 is 0 Å². The molecule has 86 valence electrons. The molecule has 0 spiro atoms. The van der Waals surface area contributed by atoms with Crippen LogP contribution in [0, 0.1) is 11.8 Å². The zero-order valence-electron chi connectivity index (χ0n) is 10.5. The Morgan fingerprint density at radius 2 is 2.00 bits per heavy atom. The molecule has 1 aliphatic rings. The van der Waals surface area contributed by atoms with Crippen LogP contribution in [-0.2, 0) is 4.79 Å². The van der Waals surface area contributed by atoms with Gasteiger partial charge < -0.3 is 0 Å². The Balaban J connectivity index is 2.45. The molecule has 2 unspecified atom stereocenters. The first-order valence-electron chi connectivity index (χ1n) is 6.11. The highest BCUT2D eigenvalue weighted by atomic mass is 28.3. The van der Waals surface area contributed by atoms with Crippen molar-refractivity contribution in [2.24, 2.45) is 11.8 Å². The quantitative estimate of drug-likeness (QED) is 0.666. The molecule has 1 fully saturated rings. The minimum Gasteiger partial charge on any atom is -0.299 e. The fraction of sp³-hybridized carbons (Fsp3) is 0.769. The molecule has 0 amide bonds. The Morgan fingerprint density at radius 3 is 2.60 bits per heavy atom. The van der Waals surface area contributed by atoms with Gasteiger partial charge in [-0.25, -0.2) is 0 Å². The van der Waals surface area contributed by atoms with Gasteiger partial charge in [-0.05, 0) is 19.3 Å². The van der Waals surface area contributed by atoms with Crippen molar-refractivity contribution in [3.8, 4) is 0 Å². The Kier molecular flexibility index (Phi) is 4.32. The van der Waals surface area contributed by atoms with Crippen molar-refractivity contribution in [3.05, 3.63) is 11.8 Å². The molecule has 2 heteroatoms. The van der Waals surface area contributed by atoms with Crippen molar-refractivity contribution in [2.45, 2.75) is 52.2 Å². The third-order valence-corrected chi connectivity index (χ3v) is 4.35. The highest BCUT2D eigenvalue weighted by Crippen LogP contribution is 2.27. The Hall–Kier alpha value is -0.373. The number of ketones is 1. The summed E-state index contributed by atoms with van der Waals surface area (Å²) in [6.45, 7) is 9.06. The van der Waals surface area contributed by atoms with Crippen LogP contribution in [0.15, 0.2) is 11.8 Å². The number of allylic oxidation sites excluding steroid dienone is 1. The maximum absolute atomic E-state index is 11.9. The van der Waals surface area contributed by atoms with Gasteiger partial charge in [-0.1, -0.05) is 44.8 Å². The van der Waals surface area contributed by atoms with Crippen molar-refractivity contribution < 1.29 is 4.79 Å². The van der Waals surface area contributed by atoms with Crippen LogP contribution in [0.4, 0.5) is 0 Å². The fourth-order valence-corrected chi connectivity index (χ4v) is 3.02. The molecule has 0 aromatic heterocycles. The first-order chi connectivity index (χ1) is 6.90. The second-order valence-electron chi connectivity index (χ2n) is 5.94. The molecule has 0 heterocycles. The number of carbonyl (C=O) groups excluding carboxylic acids is 1. The van der Waals surface area contributed by atoms with Gasteiger partial charge in [0.05, 0.1) is 8.07 Å². The lowest BCUT2D eigenvalue weighted by atomic mass is 9.80. The van der Waals surface area contributed by atoms with E-state index in [9.17, 15) is 4.79 Å². The molecule has 0 radical (unpaired) electrons. The van der Waals surface area contributed by atoms with Crippen molar-refractivity contribution in [1.29, 1.82) is 0 Å². The zero-order valence-corrected chi connectivity index (χ0v) is 11.5. The van der Waals surface area contributed by atoms with Crippen molar-refractivity contribution in [2.75, 3.05) is 0 Å². The highest BCUT2D eigenvalue weighted by molar-refractivity contribution is 6.80. The number of hydrogen-bond acceptors (Lipinski definition) is 1. The Morgan fingerprint density at radius 1 is 1.33 bits per heavy atom. The van der Waals surface area contributed by atoms with E-state index in [-0.39, 0.29) is 0 Å². The van der Waals surface area contributed by atoms with E-state index in [0.717, 1.165) is 19.3 Å². The molecule has 0 aromatic rings. The minimum atomic E-state index is -1.07. The molecule has 0 aliphatic heterocycles. The first kappa shape index (κ1) is 12.7. The predicted octanol–water partition coefficient (Wildman–Crippen LogP) is 3.82. The summed E-state index contributed by atoms with van der Waals surface area (Å²) in [6, 6.07) is 0. The summed E-state index contributed by atoms with van der Waals surface area (Å²) >= 11 is 0. The highest BCUT2D eigenvalue weighted by Gasteiger charge is 2.26. The molecule has 1 saturated carbocycles. The van der Waals surface area contributed by atoms with Gasteiger partial charge in [0.25, 0.3) is 0 Å². The summed E-state index contributed by atoms with van der Waals surface area (Å²) in [5, 5.41) is 0. The Labute approximate surface area is 95.0 Å². The molecule has 1 aliphatic carbocycles. The number of carbonyl (C=O) groups is 1. The van der Waals surface area contributed by atoms with Gasteiger partial charge in [0, 0.05) is 11.8 Å². The maximum Gasteiger partial charge on any atom is 0.139 e. The van der Waals surface area contributed by atoms with Gasteiger partial charge in [0.15, 0.2) is 0 Å². The van der Waals surface area contributed by atoms with Gasteiger partial charge in [-0.2, -0.15) is 0 Å².